The van der Waals surface area contributed by atoms with Crippen LogP contribution in [0.4, 0.5) is 0 Å². The fourth-order valence-electron chi connectivity index (χ4n) is 3.18. The Hall–Kier alpha value is -0.380. The van der Waals surface area contributed by atoms with Gasteiger partial charge in [0.25, 0.3) is 0 Å². The summed E-state index contributed by atoms with van der Waals surface area (Å²) < 4.78 is 5.86. The van der Waals surface area contributed by atoms with E-state index in [1.54, 1.807) is 0 Å². The van der Waals surface area contributed by atoms with Crippen molar-refractivity contribution in [1.82, 2.24) is 15.5 Å². The number of guanidine groups is 1. The first kappa shape index (κ1) is 23.7. The molecule has 2 heterocycles. The Labute approximate surface area is 180 Å². The number of halogens is 1. The molecule has 1 aliphatic rings. The van der Waals surface area contributed by atoms with Crippen molar-refractivity contribution in [2.24, 2.45) is 4.99 Å². The molecule has 0 radical (unpaired) electrons. The minimum absolute atomic E-state index is 0. The Bertz CT molecular complexity index is 566. The maximum absolute atomic E-state index is 5.86. The van der Waals surface area contributed by atoms with Crippen LogP contribution in [-0.2, 0) is 17.7 Å². The molecule has 0 amide bonds. The zero-order valence-corrected chi connectivity index (χ0v) is 20.1. The second-order valence-electron chi connectivity index (χ2n) is 7.48. The van der Waals surface area contributed by atoms with Crippen LogP contribution in [0.1, 0.15) is 44.4 Å². The molecule has 2 N–H and O–H groups in total. The number of aryl methyl sites for hydroxylation is 1. The van der Waals surface area contributed by atoms with Gasteiger partial charge in [0.1, 0.15) is 0 Å². The largest absolute Gasteiger partial charge is 0.373 e. The first-order chi connectivity index (χ1) is 11.8. The third kappa shape index (κ3) is 6.98. The third-order valence-electron chi connectivity index (χ3n) is 4.68. The summed E-state index contributed by atoms with van der Waals surface area (Å²) in [5.41, 5.74) is 0.0439. The monoisotopic (exact) mass is 494 g/mol. The van der Waals surface area contributed by atoms with Gasteiger partial charge in [0.2, 0.25) is 0 Å². The van der Waals surface area contributed by atoms with Crippen molar-refractivity contribution in [2.45, 2.75) is 65.3 Å². The lowest BCUT2D eigenvalue weighted by Crippen LogP contribution is -2.59. The lowest BCUT2D eigenvalue weighted by Gasteiger charge is -2.45. The molecule has 1 saturated heterocycles. The number of nitrogens with zero attached hydrogens (tertiary/aromatic N) is 2. The van der Waals surface area contributed by atoms with Crippen LogP contribution in [0.25, 0.3) is 0 Å². The molecule has 0 aliphatic carbocycles. The lowest BCUT2D eigenvalue weighted by molar-refractivity contribution is -0.0946. The summed E-state index contributed by atoms with van der Waals surface area (Å²) in [6.07, 6.45) is 1.67. The molecule has 26 heavy (non-hydrogen) atoms. The van der Waals surface area contributed by atoms with Gasteiger partial charge >= 0.3 is 0 Å². The van der Waals surface area contributed by atoms with Crippen LogP contribution in [-0.4, -0.2) is 55.3 Å². The SMILES string of the molecule is CCc1ccc(CNC(=NC)NCC(C)(C)N2CC(C)OC(C)C2)s1.I. The summed E-state index contributed by atoms with van der Waals surface area (Å²) in [5, 5.41) is 6.91. The summed E-state index contributed by atoms with van der Waals surface area (Å²) in [7, 11) is 1.83. The van der Waals surface area contributed by atoms with Gasteiger partial charge in [-0.05, 0) is 46.2 Å². The molecule has 1 aliphatic heterocycles. The summed E-state index contributed by atoms with van der Waals surface area (Å²) in [6, 6.07) is 4.41. The van der Waals surface area contributed by atoms with Gasteiger partial charge in [0, 0.05) is 42.0 Å². The Balaban J connectivity index is 0.00000338. The highest BCUT2D eigenvalue weighted by Crippen LogP contribution is 2.20. The van der Waals surface area contributed by atoms with E-state index >= 15 is 0 Å². The fourth-order valence-corrected chi connectivity index (χ4v) is 4.08. The van der Waals surface area contributed by atoms with Crippen molar-refractivity contribution in [3.05, 3.63) is 21.9 Å². The van der Waals surface area contributed by atoms with Crippen molar-refractivity contribution in [3.63, 3.8) is 0 Å². The first-order valence-corrected chi connectivity index (χ1v) is 10.1. The Morgan fingerprint density at radius 1 is 1.23 bits per heavy atom. The van der Waals surface area contributed by atoms with Gasteiger partial charge in [0.15, 0.2) is 5.96 Å². The maximum atomic E-state index is 5.86. The molecule has 0 saturated carbocycles. The average molecular weight is 494 g/mol. The minimum Gasteiger partial charge on any atom is -0.373 e. The van der Waals surface area contributed by atoms with Crippen LogP contribution in [0.3, 0.4) is 0 Å². The molecular formula is C19H35IN4OS. The van der Waals surface area contributed by atoms with Crippen LogP contribution in [0.2, 0.25) is 0 Å². The van der Waals surface area contributed by atoms with Crippen molar-refractivity contribution < 1.29 is 4.74 Å². The summed E-state index contributed by atoms with van der Waals surface area (Å²) in [5.74, 6) is 0.855. The molecule has 150 valence electrons. The molecule has 1 aromatic rings. The minimum atomic E-state index is 0. The second kappa shape index (κ2) is 10.8. The predicted octanol–water partition coefficient (Wildman–Crippen LogP) is 3.48. The Kier molecular flexibility index (Phi) is 9.85. The molecule has 2 rings (SSSR count). The van der Waals surface area contributed by atoms with E-state index in [0.717, 1.165) is 38.6 Å². The molecule has 1 aromatic heterocycles. The molecule has 1 fully saturated rings. The van der Waals surface area contributed by atoms with E-state index in [2.05, 4.69) is 67.3 Å². The number of ether oxygens (including phenoxy) is 1. The van der Waals surface area contributed by atoms with E-state index in [1.165, 1.54) is 9.75 Å². The Morgan fingerprint density at radius 2 is 1.85 bits per heavy atom. The van der Waals surface area contributed by atoms with Crippen molar-refractivity contribution in [1.29, 1.82) is 0 Å². The molecule has 5 nitrogen and oxygen atoms in total. The van der Waals surface area contributed by atoms with Crippen molar-refractivity contribution >= 4 is 41.3 Å². The highest BCUT2D eigenvalue weighted by atomic mass is 127. The second-order valence-corrected chi connectivity index (χ2v) is 8.73. The molecule has 0 spiro atoms. The van der Waals surface area contributed by atoms with Gasteiger partial charge in [-0.25, -0.2) is 0 Å². The molecule has 2 atom stereocenters. The smallest absolute Gasteiger partial charge is 0.191 e. The maximum Gasteiger partial charge on any atom is 0.191 e. The van der Waals surface area contributed by atoms with E-state index in [1.807, 2.05) is 18.4 Å². The van der Waals surface area contributed by atoms with Crippen molar-refractivity contribution in [2.75, 3.05) is 26.7 Å². The van der Waals surface area contributed by atoms with Crippen LogP contribution in [0.15, 0.2) is 17.1 Å². The lowest BCUT2D eigenvalue weighted by atomic mass is 10.00. The van der Waals surface area contributed by atoms with Gasteiger partial charge in [-0.1, -0.05) is 6.92 Å². The quantitative estimate of drug-likeness (QED) is 0.361. The third-order valence-corrected chi connectivity index (χ3v) is 5.91. The Morgan fingerprint density at radius 3 is 2.38 bits per heavy atom. The summed E-state index contributed by atoms with van der Waals surface area (Å²) in [4.78, 5) is 9.65. The number of nitrogens with one attached hydrogen (secondary N) is 2. The highest BCUT2D eigenvalue weighted by molar-refractivity contribution is 14.0. The molecule has 0 bridgehead atoms. The van der Waals surface area contributed by atoms with Gasteiger partial charge in [-0.2, -0.15) is 0 Å². The van der Waals surface area contributed by atoms with Gasteiger partial charge < -0.3 is 15.4 Å². The van der Waals surface area contributed by atoms with Gasteiger partial charge in [-0.15, -0.1) is 35.3 Å². The first-order valence-electron chi connectivity index (χ1n) is 9.26. The van der Waals surface area contributed by atoms with Crippen LogP contribution >= 0.6 is 35.3 Å². The zero-order valence-electron chi connectivity index (χ0n) is 17.0. The van der Waals surface area contributed by atoms with E-state index in [-0.39, 0.29) is 41.7 Å². The van der Waals surface area contributed by atoms with E-state index in [0.29, 0.717) is 0 Å². The normalized spacial score (nSPS) is 22.0. The number of hydrogen-bond acceptors (Lipinski definition) is 4. The fraction of sp³-hybridized carbons (Fsp3) is 0.737. The van der Waals surface area contributed by atoms with Gasteiger partial charge in [0.05, 0.1) is 18.8 Å². The van der Waals surface area contributed by atoms with Gasteiger partial charge in [-0.3, -0.25) is 9.89 Å². The number of rotatable bonds is 6. The van der Waals surface area contributed by atoms with E-state index in [4.69, 9.17) is 4.74 Å². The van der Waals surface area contributed by atoms with Crippen LogP contribution < -0.4 is 10.6 Å². The average Bonchev–Trinajstić information content (AvgIpc) is 3.02. The predicted molar refractivity (Wildman–Crippen MR) is 123 cm³/mol. The molecular weight excluding hydrogens is 459 g/mol. The van der Waals surface area contributed by atoms with Crippen LogP contribution in [0.5, 0.6) is 0 Å². The van der Waals surface area contributed by atoms with E-state index in [9.17, 15) is 0 Å². The number of morpholine rings is 1. The summed E-state index contributed by atoms with van der Waals surface area (Å²) in [6.45, 7) is 14.7. The van der Waals surface area contributed by atoms with Crippen molar-refractivity contribution in [3.8, 4) is 0 Å². The number of hydrogen-bond donors (Lipinski definition) is 2. The molecule has 0 aromatic carbocycles. The van der Waals surface area contributed by atoms with Crippen LogP contribution in [0, 0.1) is 0 Å². The van der Waals surface area contributed by atoms with E-state index < -0.39 is 0 Å². The highest BCUT2D eigenvalue weighted by Gasteiger charge is 2.33. The zero-order chi connectivity index (χ0) is 18.4. The standard InChI is InChI=1S/C19H34N4OS.HI/c1-7-16-8-9-17(25-16)10-21-18(20-6)22-13-19(4,5)23-11-14(2)24-15(3)12-23;/h8-9,14-15H,7,10-13H2,1-6H3,(H2,20,21,22);1H. The number of aliphatic imine (C=N–C) groups is 1. The molecule has 7 heteroatoms. The molecule has 2 unspecified atom stereocenters. The topological polar surface area (TPSA) is 48.9 Å². The number of thiophene rings is 1. The summed E-state index contributed by atoms with van der Waals surface area (Å²) >= 11 is 1.86.